The van der Waals surface area contributed by atoms with E-state index >= 15 is 0 Å². The molecule has 0 aliphatic carbocycles. The molecule has 6 N–H and O–H groups in total. The van der Waals surface area contributed by atoms with E-state index in [2.05, 4.69) is 15.0 Å². The predicted molar refractivity (Wildman–Crippen MR) is 92.8 cm³/mol. The van der Waals surface area contributed by atoms with E-state index in [0.717, 1.165) is 17.8 Å². The summed E-state index contributed by atoms with van der Waals surface area (Å²) < 4.78 is 4.21. The minimum absolute atomic E-state index is 0.146. The second kappa shape index (κ2) is 8.06. The molecule has 3 amide bonds. The number of carbonyl (C=O) groups is 3. The van der Waals surface area contributed by atoms with Crippen molar-refractivity contribution < 1.29 is 14.4 Å². The average molecular weight is 347 g/mol. The fraction of sp³-hybridized carbons (Fsp3) is 0.200. The van der Waals surface area contributed by atoms with Crippen LogP contribution in [0.25, 0.3) is 11.3 Å². The van der Waals surface area contributed by atoms with Crippen LogP contribution >= 0.6 is 11.5 Å². The van der Waals surface area contributed by atoms with Crippen molar-refractivity contribution in [2.24, 2.45) is 5.73 Å². The van der Waals surface area contributed by atoms with Crippen molar-refractivity contribution >= 4 is 40.4 Å². The van der Waals surface area contributed by atoms with Gasteiger partial charge in [0.05, 0.1) is 5.69 Å². The summed E-state index contributed by atoms with van der Waals surface area (Å²) in [7, 11) is 0. The summed E-state index contributed by atoms with van der Waals surface area (Å²) in [6.07, 6.45) is 1.69. The Kier molecular flexibility index (Phi) is 5.85. The summed E-state index contributed by atoms with van der Waals surface area (Å²) in [5.74, 6) is -0.688. The monoisotopic (exact) mass is 347 g/mol. The van der Waals surface area contributed by atoms with Crippen molar-refractivity contribution in [2.45, 2.75) is 12.8 Å². The Bertz CT molecular complexity index is 742. The number of nitrogens with zero attached hydrogens (tertiary/aromatic N) is 1. The molecule has 1 aromatic heterocycles. The summed E-state index contributed by atoms with van der Waals surface area (Å²) in [5.41, 5.74) is 12.9. The molecule has 1 aromatic carbocycles. The first-order valence-electron chi connectivity index (χ1n) is 7.16. The number of nitrogens with one attached hydrogen (secondary N) is 2. The van der Waals surface area contributed by atoms with Crippen molar-refractivity contribution in [2.75, 3.05) is 17.6 Å². The van der Waals surface area contributed by atoms with Gasteiger partial charge >= 0.3 is 6.03 Å². The zero-order valence-electron chi connectivity index (χ0n) is 12.7. The van der Waals surface area contributed by atoms with Crippen LogP contribution in [0.1, 0.15) is 23.2 Å². The first-order chi connectivity index (χ1) is 11.5. The highest BCUT2D eigenvalue weighted by Gasteiger charge is 2.21. The van der Waals surface area contributed by atoms with Gasteiger partial charge < -0.3 is 21.6 Å². The normalized spacial score (nSPS) is 10.2. The number of anilines is 2. The van der Waals surface area contributed by atoms with Gasteiger partial charge in [0, 0.05) is 24.2 Å². The SMILES string of the molecule is NC(=O)c1c(-c2ccc(N)cc2)nsc1NC(=O)NCCCC=O. The van der Waals surface area contributed by atoms with Crippen molar-refractivity contribution in [1.29, 1.82) is 0 Å². The average Bonchev–Trinajstić information content (AvgIpc) is 2.96. The molecule has 1 heterocycles. The molecule has 0 unspecified atom stereocenters. The van der Waals surface area contributed by atoms with Crippen LogP contribution < -0.4 is 22.1 Å². The van der Waals surface area contributed by atoms with Gasteiger partial charge in [-0.25, -0.2) is 4.79 Å². The summed E-state index contributed by atoms with van der Waals surface area (Å²) >= 11 is 0.965. The number of rotatable bonds is 7. The number of nitrogen functional groups attached to an aromatic ring is 1. The third-order valence-corrected chi connectivity index (χ3v) is 3.90. The highest BCUT2D eigenvalue weighted by Crippen LogP contribution is 2.32. The largest absolute Gasteiger partial charge is 0.399 e. The van der Waals surface area contributed by atoms with E-state index < -0.39 is 11.9 Å². The number of hydrogen-bond acceptors (Lipinski definition) is 6. The van der Waals surface area contributed by atoms with Crippen LogP contribution in [-0.2, 0) is 4.79 Å². The molecular weight excluding hydrogens is 330 g/mol. The molecule has 0 fully saturated rings. The van der Waals surface area contributed by atoms with Gasteiger partial charge in [0.2, 0.25) is 0 Å². The second-order valence-corrected chi connectivity index (χ2v) is 5.68. The maximum absolute atomic E-state index is 11.8. The van der Waals surface area contributed by atoms with E-state index in [4.69, 9.17) is 11.5 Å². The predicted octanol–water partition coefficient (Wildman–Crippen LogP) is 1.59. The second-order valence-electron chi connectivity index (χ2n) is 4.91. The first-order valence-corrected chi connectivity index (χ1v) is 7.94. The topological polar surface area (TPSA) is 140 Å². The Hall–Kier alpha value is -2.94. The van der Waals surface area contributed by atoms with Crippen LogP contribution in [0.2, 0.25) is 0 Å². The highest BCUT2D eigenvalue weighted by molar-refractivity contribution is 7.11. The lowest BCUT2D eigenvalue weighted by atomic mass is 10.1. The van der Waals surface area contributed by atoms with E-state index in [9.17, 15) is 14.4 Å². The number of primary amides is 1. The maximum atomic E-state index is 11.8. The number of hydrogen-bond donors (Lipinski definition) is 4. The molecule has 9 heteroatoms. The number of nitrogens with two attached hydrogens (primary N) is 2. The number of carbonyl (C=O) groups excluding carboxylic acids is 3. The van der Waals surface area contributed by atoms with Gasteiger partial charge in [0.1, 0.15) is 16.9 Å². The minimum atomic E-state index is -0.688. The lowest BCUT2D eigenvalue weighted by Crippen LogP contribution is -2.30. The van der Waals surface area contributed by atoms with Crippen LogP contribution in [0, 0.1) is 0 Å². The molecule has 0 saturated heterocycles. The van der Waals surface area contributed by atoms with Crippen LogP contribution in [0.15, 0.2) is 24.3 Å². The number of amides is 3. The van der Waals surface area contributed by atoms with E-state index in [1.807, 2.05) is 0 Å². The minimum Gasteiger partial charge on any atom is -0.399 e. The number of unbranched alkanes of at least 4 members (excludes halogenated alkanes) is 1. The Labute approximate surface area is 142 Å². The highest BCUT2D eigenvalue weighted by atomic mass is 32.1. The molecule has 0 radical (unpaired) electrons. The molecule has 24 heavy (non-hydrogen) atoms. The number of benzene rings is 1. The summed E-state index contributed by atoms with van der Waals surface area (Å²) in [6.45, 7) is 0.347. The first kappa shape index (κ1) is 17.4. The molecule has 0 bridgehead atoms. The fourth-order valence-electron chi connectivity index (χ4n) is 1.98. The molecular formula is C15H17N5O3S. The van der Waals surface area contributed by atoms with Crippen molar-refractivity contribution in [1.82, 2.24) is 9.69 Å². The quantitative estimate of drug-likeness (QED) is 0.342. The smallest absolute Gasteiger partial charge is 0.319 e. The van der Waals surface area contributed by atoms with Crippen LogP contribution in [0.3, 0.4) is 0 Å². The molecule has 0 aliphatic rings. The summed E-state index contributed by atoms with van der Waals surface area (Å²) in [5, 5.41) is 5.42. The number of aromatic nitrogens is 1. The maximum Gasteiger partial charge on any atom is 0.319 e. The van der Waals surface area contributed by atoms with Crippen molar-refractivity contribution in [3.63, 3.8) is 0 Å². The zero-order valence-corrected chi connectivity index (χ0v) is 13.6. The van der Waals surface area contributed by atoms with Gasteiger partial charge in [0.15, 0.2) is 0 Å². The Morgan fingerprint density at radius 2 is 1.96 bits per heavy atom. The zero-order chi connectivity index (χ0) is 17.5. The fourth-order valence-corrected chi connectivity index (χ4v) is 2.78. The molecule has 126 valence electrons. The lowest BCUT2D eigenvalue weighted by molar-refractivity contribution is -0.107. The van der Waals surface area contributed by atoms with E-state index in [-0.39, 0.29) is 10.6 Å². The molecule has 0 saturated carbocycles. The van der Waals surface area contributed by atoms with Crippen molar-refractivity contribution in [3.05, 3.63) is 29.8 Å². The Morgan fingerprint density at radius 3 is 2.58 bits per heavy atom. The third-order valence-electron chi connectivity index (χ3n) is 3.13. The molecule has 2 rings (SSSR count). The van der Waals surface area contributed by atoms with E-state index in [1.165, 1.54) is 0 Å². The van der Waals surface area contributed by atoms with Gasteiger partial charge in [0.25, 0.3) is 5.91 Å². The summed E-state index contributed by atoms with van der Waals surface area (Å²) in [6, 6.07) is 6.33. The van der Waals surface area contributed by atoms with Crippen molar-refractivity contribution in [3.8, 4) is 11.3 Å². The molecule has 8 nitrogen and oxygen atoms in total. The number of urea groups is 1. The van der Waals surface area contributed by atoms with Gasteiger partial charge in [-0.2, -0.15) is 4.37 Å². The Morgan fingerprint density at radius 1 is 1.25 bits per heavy atom. The molecule has 0 spiro atoms. The van der Waals surface area contributed by atoms with Crippen LogP contribution in [-0.4, -0.2) is 29.1 Å². The standard InChI is InChI=1S/C15H17N5O3S/c16-10-5-3-9(4-6-10)12-11(13(17)22)14(24-20-12)19-15(23)18-7-1-2-8-21/h3-6,8H,1-2,7,16H2,(H2,17,22)(H2,18,19,23). The van der Waals surface area contributed by atoms with Crippen LogP contribution in [0.4, 0.5) is 15.5 Å². The molecule has 0 aliphatic heterocycles. The van der Waals surface area contributed by atoms with E-state index in [0.29, 0.717) is 36.3 Å². The molecule has 0 atom stereocenters. The van der Waals surface area contributed by atoms with E-state index in [1.54, 1.807) is 24.3 Å². The van der Waals surface area contributed by atoms with Gasteiger partial charge in [-0.3, -0.25) is 10.1 Å². The van der Waals surface area contributed by atoms with Gasteiger partial charge in [-0.15, -0.1) is 0 Å². The van der Waals surface area contributed by atoms with Gasteiger partial charge in [-0.05, 0) is 30.1 Å². The van der Waals surface area contributed by atoms with Gasteiger partial charge in [-0.1, -0.05) is 12.1 Å². The third kappa shape index (κ3) is 4.29. The number of aldehydes is 1. The lowest BCUT2D eigenvalue weighted by Gasteiger charge is -2.06. The van der Waals surface area contributed by atoms with Crippen LogP contribution in [0.5, 0.6) is 0 Å². The Balaban J connectivity index is 2.16. The summed E-state index contributed by atoms with van der Waals surface area (Å²) in [4.78, 5) is 33.8. The molecule has 2 aromatic rings.